The quantitative estimate of drug-likeness (QED) is 0.435. The first-order valence-corrected chi connectivity index (χ1v) is 10.2. The Morgan fingerprint density at radius 2 is 1.89 bits per heavy atom. The summed E-state index contributed by atoms with van der Waals surface area (Å²) in [5.74, 6) is 1.56. The van der Waals surface area contributed by atoms with Gasteiger partial charge in [0.25, 0.3) is 0 Å². The Labute approximate surface area is 165 Å². The number of benzene rings is 2. The van der Waals surface area contributed by atoms with Crippen LogP contribution in [-0.2, 0) is 12.4 Å². The van der Waals surface area contributed by atoms with E-state index in [2.05, 4.69) is 32.8 Å². The van der Waals surface area contributed by atoms with E-state index in [9.17, 15) is 0 Å². The van der Waals surface area contributed by atoms with E-state index in [0.29, 0.717) is 12.4 Å². The Balaban J connectivity index is 1.35. The van der Waals surface area contributed by atoms with Crippen molar-refractivity contribution in [2.45, 2.75) is 24.4 Å². The highest BCUT2D eigenvalue weighted by Gasteiger charge is 2.10. The van der Waals surface area contributed by atoms with Crippen molar-refractivity contribution in [3.05, 3.63) is 76.2 Å². The van der Waals surface area contributed by atoms with E-state index in [1.54, 1.807) is 27.8 Å². The summed E-state index contributed by atoms with van der Waals surface area (Å²) in [6, 6.07) is 17.9. The van der Waals surface area contributed by atoms with Crippen molar-refractivity contribution in [2.75, 3.05) is 0 Å². The SMILES string of the molecule is Cc1ccc(OCc2nc(CSc3nnnn3-c3ccccc3)cs2)cc1. The fourth-order valence-corrected chi connectivity index (χ4v) is 3.99. The molecule has 0 saturated carbocycles. The number of hydrogen-bond donors (Lipinski definition) is 0. The van der Waals surface area contributed by atoms with Gasteiger partial charge in [-0.15, -0.1) is 16.4 Å². The molecule has 0 fully saturated rings. The molecule has 0 unspecified atom stereocenters. The number of hydrogen-bond acceptors (Lipinski definition) is 7. The summed E-state index contributed by atoms with van der Waals surface area (Å²) in [4.78, 5) is 4.64. The van der Waals surface area contributed by atoms with Crippen LogP contribution in [0.15, 0.2) is 65.1 Å². The van der Waals surface area contributed by atoms with E-state index in [-0.39, 0.29) is 0 Å². The van der Waals surface area contributed by atoms with Crippen LogP contribution in [0.2, 0.25) is 0 Å². The Morgan fingerprint density at radius 1 is 1.07 bits per heavy atom. The number of para-hydroxylation sites is 1. The van der Waals surface area contributed by atoms with Gasteiger partial charge >= 0.3 is 0 Å². The van der Waals surface area contributed by atoms with Crippen LogP contribution in [0.3, 0.4) is 0 Å². The van der Waals surface area contributed by atoms with Crippen LogP contribution in [0.4, 0.5) is 0 Å². The maximum Gasteiger partial charge on any atom is 0.214 e. The summed E-state index contributed by atoms with van der Waals surface area (Å²) in [5.41, 5.74) is 3.15. The molecule has 0 aliphatic rings. The molecule has 0 amide bonds. The van der Waals surface area contributed by atoms with Crippen LogP contribution in [0, 0.1) is 6.92 Å². The van der Waals surface area contributed by atoms with Crippen molar-refractivity contribution in [2.24, 2.45) is 0 Å². The Bertz CT molecular complexity index is 998. The zero-order chi connectivity index (χ0) is 18.5. The summed E-state index contributed by atoms with van der Waals surface area (Å²) in [7, 11) is 0. The maximum atomic E-state index is 5.79. The molecule has 2 aromatic heterocycles. The van der Waals surface area contributed by atoms with Gasteiger partial charge in [0, 0.05) is 11.1 Å². The van der Waals surface area contributed by atoms with E-state index in [1.807, 2.05) is 54.6 Å². The molecule has 0 saturated heterocycles. The van der Waals surface area contributed by atoms with E-state index in [4.69, 9.17) is 4.74 Å². The zero-order valence-electron chi connectivity index (χ0n) is 14.6. The predicted molar refractivity (Wildman–Crippen MR) is 106 cm³/mol. The van der Waals surface area contributed by atoms with E-state index >= 15 is 0 Å². The highest BCUT2D eigenvalue weighted by Crippen LogP contribution is 2.24. The molecule has 0 aliphatic heterocycles. The number of ether oxygens (including phenoxy) is 1. The average Bonchev–Trinajstić information content (AvgIpc) is 3.36. The lowest BCUT2D eigenvalue weighted by atomic mass is 10.2. The summed E-state index contributed by atoms with van der Waals surface area (Å²) in [6.07, 6.45) is 0. The van der Waals surface area contributed by atoms with E-state index < -0.39 is 0 Å². The van der Waals surface area contributed by atoms with Gasteiger partial charge in [0.1, 0.15) is 17.4 Å². The van der Waals surface area contributed by atoms with Crippen LogP contribution in [0.5, 0.6) is 5.75 Å². The molecule has 27 heavy (non-hydrogen) atoms. The first kappa shape index (κ1) is 17.7. The molecule has 0 spiro atoms. The molecule has 6 nitrogen and oxygen atoms in total. The molecular weight excluding hydrogens is 378 g/mol. The van der Waals surface area contributed by atoms with Crippen LogP contribution in [0.25, 0.3) is 5.69 Å². The second-order valence-electron chi connectivity index (χ2n) is 5.83. The normalized spacial score (nSPS) is 10.9. The highest BCUT2D eigenvalue weighted by molar-refractivity contribution is 7.98. The molecule has 0 bridgehead atoms. The minimum atomic E-state index is 0.472. The lowest BCUT2D eigenvalue weighted by molar-refractivity contribution is 0.305. The third-order valence-electron chi connectivity index (χ3n) is 3.77. The van der Waals surface area contributed by atoms with Crippen LogP contribution < -0.4 is 4.74 Å². The lowest BCUT2D eigenvalue weighted by Gasteiger charge is -2.04. The van der Waals surface area contributed by atoms with Gasteiger partial charge in [-0.05, 0) is 41.6 Å². The third kappa shape index (κ3) is 4.53. The Kier molecular flexibility index (Phi) is 5.45. The standard InChI is InChI=1S/C19H17N5OS2/c1-14-7-9-17(10-8-14)25-11-18-20-15(12-26-18)13-27-19-21-22-23-24(19)16-5-3-2-4-6-16/h2-10,12H,11,13H2,1H3. The molecule has 0 aliphatic carbocycles. The molecule has 0 N–H and O–H groups in total. The second-order valence-corrected chi connectivity index (χ2v) is 7.72. The fourth-order valence-electron chi connectivity index (χ4n) is 2.40. The first-order chi connectivity index (χ1) is 13.3. The van der Waals surface area contributed by atoms with Crippen LogP contribution in [-0.4, -0.2) is 25.2 Å². The van der Waals surface area contributed by atoms with Gasteiger partial charge in [0.2, 0.25) is 5.16 Å². The van der Waals surface area contributed by atoms with Gasteiger partial charge in [0.15, 0.2) is 0 Å². The van der Waals surface area contributed by atoms with Crippen molar-refractivity contribution in [3.8, 4) is 11.4 Å². The van der Waals surface area contributed by atoms with Crippen molar-refractivity contribution in [1.29, 1.82) is 0 Å². The predicted octanol–water partition coefficient (Wildman–Crippen LogP) is 4.30. The van der Waals surface area contributed by atoms with Gasteiger partial charge in [-0.1, -0.05) is 47.7 Å². The highest BCUT2D eigenvalue weighted by atomic mass is 32.2. The van der Waals surface area contributed by atoms with Crippen LogP contribution in [0.1, 0.15) is 16.3 Å². The van der Waals surface area contributed by atoms with Gasteiger partial charge < -0.3 is 4.74 Å². The van der Waals surface area contributed by atoms with Crippen LogP contribution >= 0.6 is 23.1 Å². The van der Waals surface area contributed by atoms with Crippen molar-refractivity contribution < 1.29 is 4.74 Å². The molecule has 4 rings (SSSR count). The minimum absolute atomic E-state index is 0.472. The molecule has 8 heteroatoms. The molecule has 0 atom stereocenters. The number of thioether (sulfide) groups is 1. The van der Waals surface area contributed by atoms with E-state index in [0.717, 1.165) is 27.3 Å². The number of rotatable bonds is 7. The van der Waals surface area contributed by atoms with Crippen molar-refractivity contribution in [3.63, 3.8) is 0 Å². The topological polar surface area (TPSA) is 65.7 Å². The van der Waals surface area contributed by atoms with Gasteiger partial charge in [-0.2, -0.15) is 4.68 Å². The number of aromatic nitrogens is 5. The molecule has 136 valence electrons. The molecule has 2 aromatic carbocycles. The maximum absolute atomic E-state index is 5.79. The smallest absolute Gasteiger partial charge is 0.214 e. The average molecular weight is 396 g/mol. The summed E-state index contributed by atoms with van der Waals surface area (Å²) < 4.78 is 7.53. The monoisotopic (exact) mass is 395 g/mol. The molecule has 2 heterocycles. The van der Waals surface area contributed by atoms with Gasteiger partial charge in [-0.25, -0.2) is 4.98 Å². The minimum Gasteiger partial charge on any atom is -0.486 e. The molecular formula is C19H17N5OS2. The van der Waals surface area contributed by atoms with Crippen molar-refractivity contribution >= 4 is 23.1 Å². The Hall–Kier alpha value is -2.71. The number of nitrogens with zero attached hydrogens (tertiary/aromatic N) is 5. The molecule has 4 aromatic rings. The summed E-state index contributed by atoms with van der Waals surface area (Å²) >= 11 is 3.16. The van der Waals surface area contributed by atoms with E-state index in [1.165, 1.54) is 5.56 Å². The second kappa shape index (κ2) is 8.32. The Morgan fingerprint density at radius 3 is 2.70 bits per heavy atom. The summed E-state index contributed by atoms with van der Waals surface area (Å²) in [6.45, 7) is 2.53. The summed E-state index contributed by atoms with van der Waals surface area (Å²) in [5, 5.41) is 15.7. The third-order valence-corrected chi connectivity index (χ3v) is 5.60. The van der Waals surface area contributed by atoms with Crippen molar-refractivity contribution in [1.82, 2.24) is 25.2 Å². The van der Waals surface area contributed by atoms with Gasteiger partial charge in [-0.3, -0.25) is 0 Å². The molecule has 0 radical (unpaired) electrons. The largest absolute Gasteiger partial charge is 0.486 e. The fraction of sp³-hybridized carbons (Fsp3) is 0.158. The number of tetrazole rings is 1. The van der Waals surface area contributed by atoms with Gasteiger partial charge in [0.05, 0.1) is 11.4 Å². The zero-order valence-corrected chi connectivity index (χ0v) is 16.3. The number of aryl methyl sites for hydroxylation is 1. The number of thiazole rings is 1. The first-order valence-electron chi connectivity index (χ1n) is 8.37. The lowest BCUT2D eigenvalue weighted by Crippen LogP contribution is -1.99.